The van der Waals surface area contributed by atoms with Gasteiger partial charge in [0.2, 0.25) is 0 Å². The number of rotatable bonds is 5. The van der Waals surface area contributed by atoms with E-state index in [4.69, 9.17) is 0 Å². The van der Waals surface area contributed by atoms with Gasteiger partial charge in [0.15, 0.2) is 0 Å². The zero-order valence-electron chi connectivity index (χ0n) is 9.66. The molecule has 0 saturated carbocycles. The monoisotopic (exact) mass is 201 g/mol. The van der Waals surface area contributed by atoms with Crippen molar-refractivity contribution in [1.29, 1.82) is 0 Å². The minimum Gasteiger partial charge on any atom is -0.346 e. The van der Waals surface area contributed by atoms with Crippen molar-refractivity contribution in [3.63, 3.8) is 0 Å². The van der Waals surface area contributed by atoms with Gasteiger partial charge in [-0.2, -0.15) is 0 Å². The number of allylic oxidation sites excluding steroid dienone is 2. The molecule has 0 bridgehead atoms. The van der Waals surface area contributed by atoms with Crippen molar-refractivity contribution in [2.24, 2.45) is 0 Å². The van der Waals surface area contributed by atoms with E-state index in [1.165, 1.54) is 5.56 Å². The third-order valence-corrected chi connectivity index (χ3v) is 2.43. The maximum atomic E-state index is 4.06. The summed E-state index contributed by atoms with van der Waals surface area (Å²) in [4.78, 5) is 2.16. The average Bonchev–Trinajstić information content (AvgIpc) is 2.26. The molecule has 0 atom stereocenters. The zero-order valence-corrected chi connectivity index (χ0v) is 9.66. The minimum absolute atomic E-state index is 0.864. The topological polar surface area (TPSA) is 3.24 Å². The molecule has 1 aromatic carbocycles. The molecule has 0 heterocycles. The molecule has 0 aliphatic rings. The van der Waals surface area contributed by atoms with Gasteiger partial charge < -0.3 is 4.90 Å². The predicted molar refractivity (Wildman–Crippen MR) is 66.2 cm³/mol. The molecule has 15 heavy (non-hydrogen) atoms. The van der Waals surface area contributed by atoms with Crippen molar-refractivity contribution in [2.75, 3.05) is 0 Å². The molecular formula is C14H19N. The van der Waals surface area contributed by atoms with E-state index in [1.807, 2.05) is 13.0 Å². The van der Waals surface area contributed by atoms with Gasteiger partial charge >= 0.3 is 0 Å². The average molecular weight is 201 g/mol. The SMILES string of the molecule is C=C(C)N(Cc1ccccc1)C(=C)CC. The van der Waals surface area contributed by atoms with Gasteiger partial charge in [0.25, 0.3) is 0 Å². The lowest BCUT2D eigenvalue weighted by Gasteiger charge is -2.26. The standard InChI is InChI=1S/C14H19N/c1-5-13(4)15(12(2)3)11-14-9-7-6-8-10-14/h6-10H,2,4-5,11H2,1,3H3. The van der Waals surface area contributed by atoms with Gasteiger partial charge in [-0.15, -0.1) is 0 Å². The van der Waals surface area contributed by atoms with E-state index >= 15 is 0 Å². The first-order valence-electron chi connectivity index (χ1n) is 5.30. The normalized spacial score (nSPS) is 9.73. The van der Waals surface area contributed by atoms with Crippen LogP contribution in [0.25, 0.3) is 0 Å². The number of hydrogen-bond donors (Lipinski definition) is 0. The molecule has 80 valence electrons. The molecule has 0 aliphatic carbocycles. The first kappa shape index (κ1) is 11.6. The van der Waals surface area contributed by atoms with Crippen LogP contribution in [-0.4, -0.2) is 4.90 Å². The van der Waals surface area contributed by atoms with Gasteiger partial charge in [0.1, 0.15) is 0 Å². The summed E-state index contributed by atoms with van der Waals surface area (Å²) in [6.07, 6.45) is 0.958. The van der Waals surface area contributed by atoms with Crippen LogP contribution in [0.5, 0.6) is 0 Å². The van der Waals surface area contributed by atoms with E-state index in [0.717, 1.165) is 24.4 Å². The molecule has 1 aromatic rings. The van der Waals surface area contributed by atoms with Crippen LogP contribution in [0.3, 0.4) is 0 Å². The van der Waals surface area contributed by atoms with Crippen LogP contribution in [0.4, 0.5) is 0 Å². The summed E-state index contributed by atoms with van der Waals surface area (Å²) in [5.74, 6) is 0. The second-order valence-electron chi connectivity index (χ2n) is 3.73. The van der Waals surface area contributed by atoms with Crippen LogP contribution in [0.2, 0.25) is 0 Å². The smallest absolute Gasteiger partial charge is 0.0474 e. The molecule has 0 N–H and O–H groups in total. The number of hydrogen-bond acceptors (Lipinski definition) is 1. The molecule has 0 fully saturated rings. The first-order chi connectivity index (χ1) is 7.15. The molecule has 1 nitrogen and oxygen atoms in total. The van der Waals surface area contributed by atoms with Crippen molar-refractivity contribution in [3.05, 3.63) is 60.4 Å². The van der Waals surface area contributed by atoms with Crippen LogP contribution >= 0.6 is 0 Å². The Bertz CT molecular complexity index is 338. The second kappa shape index (κ2) is 5.40. The highest BCUT2D eigenvalue weighted by molar-refractivity contribution is 5.17. The molecule has 0 saturated heterocycles. The predicted octanol–water partition coefficient (Wildman–Crippen LogP) is 3.95. The Morgan fingerprint density at radius 3 is 2.27 bits per heavy atom. The van der Waals surface area contributed by atoms with Crippen molar-refractivity contribution in [2.45, 2.75) is 26.8 Å². The van der Waals surface area contributed by atoms with E-state index in [0.29, 0.717) is 0 Å². The third kappa shape index (κ3) is 3.28. The fraction of sp³-hybridized carbons (Fsp3) is 0.286. The Balaban J connectivity index is 2.76. The van der Waals surface area contributed by atoms with Crippen molar-refractivity contribution in [3.8, 4) is 0 Å². The lowest BCUT2D eigenvalue weighted by atomic mass is 10.2. The van der Waals surface area contributed by atoms with Gasteiger partial charge in [-0.1, -0.05) is 50.4 Å². The molecule has 0 spiro atoms. The minimum atomic E-state index is 0.864. The molecule has 0 amide bonds. The lowest BCUT2D eigenvalue weighted by molar-refractivity contribution is 0.412. The van der Waals surface area contributed by atoms with Crippen LogP contribution in [0.1, 0.15) is 25.8 Å². The van der Waals surface area contributed by atoms with E-state index in [2.05, 4.69) is 49.2 Å². The first-order valence-corrected chi connectivity index (χ1v) is 5.30. The Hall–Kier alpha value is -1.50. The fourth-order valence-corrected chi connectivity index (χ4v) is 1.47. The van der Waals surface area contributed by atoms with Crippen LogP contribution in [-0.2, 0) is 6.54 Å². The van der Waals surface area contributed by atoms with Gasteiger partial charge in [-0.3, -0.25) is 0 Å². The van der Waals surface area contributed by atoms with E-state index in [1.54, 1.807) is 0 Å². The summed E-state index contributed by atoms with van der Waals surface area (Å²) in [6, 6.07) is 10.4. The Morgan fingerprint density at radius 2 is 1.80 bits per heavy atom. The maximum Gasteiger partial charge on any atom is 0.0474 e. The zero-order chi connectivity index (χ0) is 11.3. The maximum absolute atomic E-state index is 4.06. The Kier molecular flexibility index (Phi) is 4.17. The quantitative estimate of drug-likeness (QED) is 0.697. The molecular weight excluding hydrogens is 182 g/mol. The molecule has 1 rings (SSSR count). The molecule has 1 heteroatoms. The summed E-state index contributed by atoms with van der Waals surface area (Å²) in [5, 5.41) is 0. The van der Waals surface area contributed by atoms with Gasteiger partial charge in [-0.25, -0.2) is 0 Å². The van der Waals surface area contributed by atoms with Gasteiger partial charge in [0, 0.05) is 17.9 Å². The molecule has 0 unspecified atom stereocenters. The molecule has 0 aliphatic heterocycles. The lowest BCUT2D eigenvalue weighted by Crippen LogP contribution is -2.19. The summed E-state index contributed by atoms with van der Waals surface area (Å²) >= 11 is 0. The number of nitrogens with zero attached hydrogens (tertiary/aromatic N) is 1. The summed E-state index contributed by atoms with van der Waals surface area (Å²) in [6.45, 7) is 13.0. The summed E-state index contributed by atoms with van der Waals surface area (Å²) < 4.78 is 0. The fourth-order valence-electron chi connectivity index (χ4n) is 1.47. The second-order valence-corrected chi connectivity index (χ2v) is 3.73. The highest BCUT2D eigenvalue weighted by Gasteiger charge is 2.06. The Morgan fingerprint density at radius 1 is 1.20 bits per heavy atom. The van der Waals surface area contributed by atoms with E-state index in [9.17, 15) is 0 Å². The van der Waals surface area contributed by atoms with Crippen LogP contribution in [0, 0.1) is 0 Å². The molecule has 0 aromatic heterocycles. The van der Waals surface area contributed by atoms with E-state index in [-0.39, 0.29) is 0 Å². The van der Waals surface area contributed by atoms with Crippen molar-refractivity contribution in [1.82, 2.24) is 4.90 Å². The van der Waals surface area contributed by atoms with Gasteiger partial charge in [0.05, 0.1) is 0 Å². The van der Waals surface area contributed by atoms with Crippen molar-refractivity contribution >= 4 is 0 Å². The highest BCUT2D eigenvalue weighted by Crippen LogP contribution is 2.16. The van der Waals surface area contributed by atoms with Crippen molar-refractivity contribution < 1.29 is 0 Å². The van der Waals surface area contributed by atoms with Gasteiger partial charge in [-0.05, 0) is 18.9 Å². The third-order valence-electron chi connectivity index (χ3n) is 2.43. The summed E-state index contributed by atoms with van der Waals surface area (Å²) in [7, 11) is 0. The summed E-state index contributed by atoms with van der Waals surface area (Å²) in [5.41, 5.74) is 3.45. The largest absolute Gasteiger partial charge is 0.346 e. The molecule has 0 radical (unpaired) electrons. The highest BCUT2D eigenvalue weighted by atomic mass is 15.1. The number of benzene rings is 1. The van der Waals surface area contributed by atoms with Crippen LogP contribution in [0.15, 0.2) is 54.9 Å². The Labute approximate surface area is 92.7 Å². The van der Waals surface area contributed by atoms with Crippen LogP contribution < -0.4 is 0 Å². The van der Waals surface area contributed by atoms with E-state index < -0.39 is 0 Å².